The summed E-state index contributed by atoms with van der Waals surface area (Å²) in [5, 5.41) is 12.2. The third kappa shape index (κ3) is 4.56. The summed E-state index contributed by atoms with van der Waals surface area (Å²) in [6.07, 6.45) is 0.997. The molecule has 1 aromatic carbocycles. The molecule has 17 heavy (non-hydrogen) atoms. The van der Waals surface area contributed by atoms with Crippen molar-refractivity contribution in [3.05, 3.63) is 35.4 Å². The summed E-state index contributed by atoms with van der Waals surface area (Å²) in [6, 6.07) is 10.5. The highest BCUT2D eigenvalue weighted by molar-refractivity contribution is 5.32. The van der Waals surface area contributed by atoms with Gasteiger partial charge >= 0.3 is 0 Å². The minimum absolute atomic E-state index is 0.287. The Bertz CT molecular complexity index is 367. The van der Waals surface area contributed by atoms with E-state index in [-0.39, 0.29) is 6.04 Å². The summed E-state index contributed by atoms with van der Waals surface area (Å²) in [7, 11) is 1.72. The van der Waals surface area contributed by atoms with Crippen molar-refractivity contribution in [2.45, 2.75) is 32.4 Å². The molecular formula is C14H20N2O. The Labute approximate surface area is 103 Å². The molecule has 0 fully saturated rings. The van der Waals surface area contributed by atoms with E-state index >= 15 is 0 Å². The molecule has 0 radical (unpaired) electrons. The number of nitrogens with one attached hydrogen (secondary N) is 1. The Hall–Kier alpha value is -1.37. The van der Waals surface area contributed by atoms with Gasteiger partial charge in [-0.05, 0) is 38.0 Å². The van der Waals surface area contributed by atoms with Gasteiger partial charge < -0.3 is 10.1 Å². The van der Waals surface area contributed by atoms with Gasteiger partial charge in [0.1, 0.15) is 0 Å². The van der Waals surface area contributed by atoms with Crippen LogP contribution in [0.4, 0.5) is 0 Å². The Balaban J connectivity index is 2.51. The topological polar surface area (TPSA) is 45.0 Å². The van der Waals surface area contributed by atoms with E-state index in [1.807, 2.05) is 24.3 Å². The highest BCUT2D eigenvalue weighted by Gasteiger charge is 2.09. The van der Waals surface area contributed by atoms with Gasteiger partial charge in [0, 0.05) is 25.8 Å². The van der Waals surface area contributed by atoms with Crippen LogP contribution in [0.15, 0.2) is 24.3 Å². The van der Waals surface area contributed by atoms with Gasteiger partial charge in [-0.3, -0.25) is 0 Å². The van der Waals surface area contributed by atoms with Crippen LogP contribution in [-0.2, 0) is 4.74 Å². The number of methoxy groups -OCH3 is 1. The highest BCUT2D eigenvalue weighted by atomic mass is 16.5. The molecular weight excluding hydrogens is 212 g/mol. The number of ether oxygens (including phenoxy) is 1. The zero-order chi connectivity index (χ0) is 12.7. The van der Waals surface area contributed by atoms with Crippen LogP contribution in [0.2, 0.25) is 0 Å². The molecule has 2 unspecified atom stereocenters. The van der Waals surface area contributed by atoms with Crippen LogP contribution in [0.1, 0.15) is 37.4 Å². The average molecular weight is 232 g/mol. The maximum absolute atomic E-state index is 8.73. The normalized spacial score (nSPS) is 14.0. The molecule has 3 heteroatoms. The standard InChI is InChI=1S/C14H20N2O/c1-11(8-9-17-3)16-12(2)14-6-4-13(10-15)5-7-14/h4-7,11-12,16H,8-9H2,1-3H3. The zero-order valence-electron chi connectivity index (χ0n) is 10.7. The molecule has 1 aromatic rings. The van der Waals surface area contributed by atoms with Gasteiger partial charge in [0.05, 0.1) is 11.6 Å². The van der Waals surface area contributed by atoms with Gasteiger partial charge in [0.2, 0.25) is 0 Å². The molecule has 0 saturated heterocycles. The number of rotatable bonds is 6. The molecule has 1 rings (SSSR count). The maximum atomic E-state index is 8.73. The molecule has 0 bridgehead atoms. The monoisotopic (exact) mass is 232 g/mol. The molecule has 0 aliphatic carbocycles. The third-order valence-electron chi connectivity index (χ3n) is 2.83. The molecule has 1 N–H and O–H groups in total. The summed E-state index contributed by atoms with van der Waals surface area (Å²) in [5.74, 6) is 0. The van der Waals surface area contributed by atoms with Crippen LogP contribution < -0.4 is 5.32 Å². The molecule has 92 valence electrons. The lowest BCUT2D eigenvalue weighted by Crippen LogP contribution is -2.29. The second-order valence-electron chi connectivity index (χ2n) is 4.30. The lowest BCUT2D eigenvalue weighted by molar-refractivity contribution is 0.183. The Morgan fingerprint density at radius 2 is 1.94 bits per heavy atom. The second kappa shape index (κ2) is 7.05. The largest absolute Gasteiger partial charge is 0.385 e. The van der Waals surface area contributed by atoms with Gasteiger partial charge in [-0.25, -0.2) is 0 Å². The number of hydrogen-bond donors (Lipinski definition) is 1. The summed E-state index contributed by atoms with van der Waals surface area (Å²) < 4.78 is 5.05. The molecule has 0 amide bonds. The Kier molecular flexibility index (Phi) is 5.68. The molecule has 0 spiro atoms. The highest BCUT2D eigenvalue weighted by Crippen LogP contribution is 2.14. The van der Waals surface area contributed by atoms with Crippen molar-refractivity contribution in [2.75, 3.05) is 13.7 Å². The number of nitrogens with zero attached hydrogens (tertiary/aromatic N) is 1. The molecule has 0 aliphatic heterocycles. The average Bonchev–Trinajstić information content (AvgIpc) is 2.36. The molecule has 0 heterocycles. The van der Waals surface area contributed by atoms with Crippen LogP contribution in [0.5, 0.6) is 0 Å². The smallest absolute Gasteiger partial charge is 0.0991 e. The van der Waals surface area contributed by atoms with E-state index in [0.717, 1.165) is 13.0 Å². The van der Waals surface area contributed by atoms with Crippen molar-refractivity contribution in [1.82, 2.24) is 5.32 Å². The van der Waals surface area contributed by atoms with Crippen molar-refractivity contribution in [2.24, 2.45) is 0 Å². The second-order valence-corrected chi connectivity index (χ2v) is 4.30. The Morgan fingerprint density at radius 1 is 1.29 bits per heavy atom. The number of hydrogen-bond acceptors (Lipinski definition) is 3. The van der Waals surface area contributed by atoms with Crippen LogP contribution in [0.25, 0.3) is 0 Å². The fraction of sp³-hybridized carbons (Fsp3) is 0.500. The van der Waals surface area contributed by atoms with Crippen molar-refractivity contribution < 1.29 is 4.74 Å². The van der Waals surface area contributed by atoms with E-state index in [0.29, 0.717) is 11.6 Å². The summed E-state index contributed by atoms with van der Waals surface area (Å²) in [6.45, 7) is 5.05. The van der Waals surface area contributed by atoms with Crippen molar-refractivity contribution in [3.8, 4) is 6.07 Å². The summed E-state index contributed by atoms with van der Waals surface area (Å²) >= 11 is 0. The minimum Gasteiger partial charge on any atom is -0.385 e. The fourth-order valence-corrected chi connectivity index (χ4v) is 1.75. The minimum atomic E-state index is 0.287. The molecule has 0 aromatic heterocycles. The van der Waals surface area contributed by atoms with Gasteiger partial charge in [0.25, 0.3) is 0 Å². The van der Waals surface area contributed by atoms with E-state index < -0.39 is 0 Å². The van der Waals surface area contributed by atoms with Crippen LogP contribution in [0, 0.1) is 11.3 Å². The summed E-state index contributed by atoms with van der Waals surface area (Å²) in [5.41, 5.74) is 1.90. The molecule has 3 nitrogen and oxygen atoms in total. The molecule has 2 atom stereocenters. The predicted octanol–water partition coefficient (Wildman–Crippen LogP) is 2.63. The van der Waals surface area contributed by atoms with Crippen molar-refractivity contribution >= 4 is 0 Å². The quantitative estimate of drug-likeness (QED) is 0.820. The van der Waals surface area contributed by atoms with E-state index in [4.69, 9.17) is 10.00 Å². The lowest BCUT2D eigenvalue weighted by Gasteiger charge is -2.20. The van der Waals surface area contributed by atoms with E-state index in [2.05, 4.69) is 25.2 Å². The van der Waals surface area contributed by atoms with E-state index in [1.165, 1.54) is 5.56 Å². The van der Waals surface area contributed by atoms with Crippen LogP contribution in [0.3, 0.4) is 0 Å². The van der Waals surface area contributed by atoms with E-state index in [1.54, 1.807) is 7.11 Å². The van der Waals surface area contributed by atoms with Crippen LogP contribution in [-0.4, -0.2) is 19.8 Å². The van der Waals surface area contributed by atoms with Crippen LogP contribution >= 0.6 is 0 Å². The predicted molar refractivity (Wildman–Crippen MR) is 68.7 cm³/mol. The van der Waals surface area contributed by atoms with Crippen molar-refractivity contribution in [3.63, 3.8) is 0 Å². The first kappa shape index (κ1) is 13.7. The number of nitriles is 1. The third-order valence-corrected chi connectivity index (χ3v) is 2.83. The van der Waals surface area contributed by atoms with Gasteiger partial charge in [-0.1, -0.05) is 12.1 Å². The molecule has 0 saturated carbocycles. The maximum Gasteiger partial charge on any atom is 0.0991 e. The first-order valence-electron chi connectivity index (χ1n) is 5.92. The summed E-state index contributed by atoms with van der Waals surface area (Å²) in [4.78, 5) is 0. The zero-order valence-corrected chi connectivity index (χ0v) is 10.7. The molecule has 0 aliphatic rings. The number of benzene rings is 1. The van der Waals surface area contributed by atoms with Gasteiger partial charge in [-0.15, -0.1) is 0 Å². The fourth-order valence-electron chi connectivity index (χ4n) is 1.75. The first-order chi connectivity index (χ1) is 8.17. The van der Waals surface area contributed by atoms with Gasteiger partial charge in [0.15, 0.2) is 0 Å². The Morgan fingerprint density at radius 3 is 2.47 bits per heavy atom. The SMILES string of the molecule is COCCC(C)NC(C)c1ccc(C#N)cc1. The van der Waals surface area contributed by atoms with Gasteiger partial charge in [-0.2, -0.15) is 5.26 Å². The van der Waals surface area contributed by atoms with Crippen molar-refractivity contribution in [1.29, 1.82) is 5.26 Å². The lowest BCUT2D eigenvalue weighted by atomic mass is 10.1. The first-order valence-corrected chi connectivity index (χ1v) is 5.92. The van der Waals surface area contributed by atoms with E-state index in [9.17, 15) is 0 Å².